The largest absolute Gasteiger partial charge is 0.339 e. The van der Waals surface area contributed by atoms with Crippen LogP contribution in [0.2, 0.25) is 0 Å². The van der Waals surface area contributed by atoms with E-state index in [2.05, 4.69) is 17.1 Å². The fraction of sp³-hybridized carbons (Fsp3) is 0.467. The fourth-order valence-electron chi connectivity index (χ4n) is 2.71. The first-order chi connectivity index (χ1) is 10.1. The van der Waals surface area contributed by atoms with Crippen LogP contribution in [0, 0.1) is 5.82 Å². The standard InChI is InChI=1S/C15H18FN3OS/c1-15(8-4-7-12(15)17)14-18-13(19-20-14)9-21-11-6-3-2-5-10(11)16/h2-3,5-6,12H,4,7-9,17H2,1H3. The zero-order valence-corrected chi connectivity index (χ0v) is 12.7. The molecule has 1 aliphatic carbocycles. The van der Waals surface area contributed by atoms with Crippen LogP contribution in [0.5, 0.6) is 0 Å². The van der Waals surface area contributed by atoms with E-state index >= 15 is 0 Å². The van der Waals surface area contributed by atoms with Crippen molar-refractivity contribution in [2.24, 2.45) is 5.73 Å². The molecule has 1 fully saturated rings. The lowest BCUT2D eigenvalue weighted by atomic mass is 9.85. The lowest BCUT2D eigenvalue weighted by Gasteiger charge is -2.23. The summed E-state index contributed by atoms with van der Waals surface area (Å²) in [6.45, 7) is 2.08. The molecule has 6 heteroatoms. The molecule has 1 heterocycles. The molecule has 112 valence electrons. The Bertz CT molecular complexity index is 633. The molecule has 2 aromatic rings. The lowest BCUT2D eigenvalue weighted by Crippen LogP contribution is -2.38. The van der Waals surface area contributed by atoms with E-state index in [1.807, 2.05) is 6.07 Å². The molecule has 1 saturated carbocycles. The van der Waals surface area contributed by atoms with E-state index in [9.17, 15) is 4.39 Å². The molecule has 0 spiro atoms. The number of hydrogen-bond acceptors (Lipinski definition) is 5. The van der Waals surface area contributed by atoms with Crippen molar-refractivity contribution >= 4 is 11.8 Å². The minimum atomic E-state index is -0.228. The van der Waals surface area contributed by atoms with Crippen molar-refractivity contribution in [3.63, 3.8) is 0 Å². The Balaban J connectivity index is 1.70. The highest BCUT2D eigenvalue weighted by molar-refractivity contribution is 7.98. The first-order valence-electron chi connectivity index (χ1n) is 7.05. The molecule has 0 saturated heterocycles. The van der Waals surface area contributed by atoms with Crippen molar-refractivity contribution in [2.75, 3.05) is 0 Å². The molecular weight excluding hydrogens is 289 g/mol. The molecule has 0 radical (unpaired) electrons. The van der Waals surface area contributed by atoms with Crippen LogP contribution in [0.4, 0.5) is 4.39 Å². The highest BCUT2D eigenvalue weighted by Gasteiger charge is 2.42. The van der Waals surface area contributed by atoms with Crippen LogP contribution >= 0.6 is 11.8 Å². The number of benzene rings is 1. The maximum absolute atomic E-state index is 13.6. The summed E-state index contributed by atoms with van der Waals surface area (Å²) in [6.07, 6.45) is 3.04. The van der Waals surface area contributed by atoms with Gasteiger partial charge in [0.25, 0.3) is 0 Å². The van der Waals surface area contributed by atoms with Gasteiger partial charge in [-0.1, -0.05) is 23.7 Å². The zero-order valence-electron chi connectivity index (χ0n) is 11.9. The van der Waals surface area contributed by atoms with Crippen molar-refractivity contribution in [3.8, 4) is 0 Å². The van der Waals surface area contributed by atoms with E-state index in [4.69, 9.17) is 10.3 Å². The molecule has 2 N–H and O–H groups in total. The average molecular weight is 307 g/mol. The minimum absolute atomic E-state index is 0.0602. The van der Waals surface area contributed by atoms with Gasteiger partial charge in [-0.05, 0) is 31.9 Å². The third-order valence-corrected chi connectivity index (χ3v) is 5.22. The van der Waals surface area contributed by atoms with Gasteiger partial charge in [0.05, 0.1) is 11.2 Å². The molecule has 21 heavy (non-hydrogen) atoms. The summed E-state index contributed by atoms with van der Waals surface area (Å²) in [7, 11) is 0. The van der Waals surface area contributed by atoms with Crippen LogP contribution < -0.4 is 5.73 Å². The van der Waals surface area contributed by atoms with Gasteiger partial charge >= 0.3 is 0 Å². The van der Waals surface area contributed by atoms with Crippen LogP contribution in [0.25, 0.3) is 0 Å². The Morgan fingerprint density at radius 2 is 2.29 bits per heavy atom. The molecular formula is C15H18FN3OS. The van der Waals surface area contributed by atoms with Gasteiger partial charge in [0.15, 0.2) is 5.82 Å². The monoisotopic (exact) mass is 307 g/mol. The van der Waals surface area contributed by atoms with E-state index in [1.165, 1.54) is 17.8 Å². The predicted octanol–water partition coefficient (Wildman–Crippen LogP) is 3.27. The van der Waals surface area contributed by atoms with Gasteiger partial charge in [-0.15, -0.1) is 11.8 Å². The number of nitrogens with two attached hydrogens (primary N) is 1. The Labute approximate surface area is 127 Å². The van der Waals surface area contributed by atoms with Crippen LogP contribution in [-0.4, -0.2) is 16.2 Å². The van der Waals surface area contributed by atoms with Crippen LogP contribution in [0.1, 0.15) is 37.9 Å². The van der Waals surface area contributed by atoms with Gasteiger partial charge in [0.1, 0.15) is 5.82 Å². The smallest absolute Gasteiger partial charge is 0.234 e. The van der Waals surface area contributed by atoms with Crippen LogP contribution in [0.3, 0.4) is 0 Å². The molecule has 1 aromatic carbocycles. The van der Waals surface area contributed by atoms with Gasteiger partial charge in [-0.2, -0.15) is 4.98 Å². The topological polar surface area (TPSA) is 64.9 Å². The maximum Gasteiger partial charge on any atom is 0.234 e. The molecule has 4 nitrogen and oxygen atoms in total. The molecule has 1 aliphatic rings. The first kappa shape index (κ1) is 14.5. The molecule has 2 unspecified atom stereocenters. The number of rotatable bonds is 4. The molecule has 3 rings (SSSR count). The summed E-state index contributed by atoms with van der Waals surface area (Å²) >= 11 is 1.36. The third-order valence-electron chi connectivity index (χ3n) is 4.18. The van der Waals surface area contributed by atoms with Crippen LogP contribution in [-0.2, 0) is 11.2 Å². The van der Waals surface area contributed by atoms with E-state index in [0.717, 1.165) is 19.3 Å². The predicted molar refractivity (Wildman–Crippen MR) is 79.4 cm³/mol. The first-order valence-corrected chi connectivity index (χ1v) is 8.04. The molecule has 2 atom stereocenters. The van der Waals surface area contributed by atoms with E-state index in [1.54, 1.807) is 12.1 Å². The summed E-state index contributed by atoms with van der Waals surface area (Å²) in [5, 5.41) is 4.00. The second-order valence-corrected chi connectivity index (χ2v) is 6.67. The minimum Gasteiger partial charge on any atom is -0.339 e. The highest BCUT2D eigenvalue weighted by Crippen LogP contribution is 2.39. The lowest BCUT2D eigenvalue weighted by molar-refractivity contribution is 0.277. The Kier molecular flexibility index (Phi) is 3.99. The number of hydrogen-bond donors (Lipinski definition) is 1. The fourth-order valence-corrected chi connectivity index (χ4v) is 3.49. The van der Waals surface area contributed by atoms with Crippen molar-refractivity contribution in [2.45, 2.75) is 48.3 Å². The normalized spacial score (nSPS) is 25.4. The number of nitrogens with zero attached hydrogens (tertiary/aromatic N) is 2. The van der Waals surface area contributed by atoms with Gasteiger partial charge in [0, 0.05) is 10.9 Å². The summed E-state index contributed by atoms with van der Waals surface area (Å²) in [5.74, 6) is 1.45. The van der Waals surface area contributed by atoms with E-state index in [-0.39, 0.29) is 17.3 Å². The Morgan fingerprint density at radius 1 is 1.48 bits per heavy atom. The summed E-state index contributed by atoms with van der Waals surface area (Å²) < 4.78 is 18.9. The second kappa shape index (κ2) is 5.77. The number of aromatic nitrogens is 2. The SMILES string of the molecule is CC1(c2nc(CSc3ccccc3F)no2)CCCC1N. The number of thioether (sulfide) groups is 1. The number of halogens is 1. The average Bonchev–Trinajstić information content (AvgIpc) is 3.07. The molecule has 0 bridgehead atoms. The Hall–Kier alpha value is -1.40. The van der Waals surface area contributed by atoms with Gasteiger partial charge in [-0.3, -0.25) is 0 Å². The zero-order chi connectivity index (χ0) is 14.9. The molecule has 1 aromatic heterocycles. The van der Waals surface area contributed by atoms with Crippen LogP contribution in [0.15, 0.2) is 33.7 Å². The van der Waals surface area contributed by atoms with E-state index < -0.39 is 0 Å². The third kappa shape index (κ3) is 2.82. The summed E-state index contributed by atoms with van der Waals surface area (Å²) in [6, 6.07) is 6.74. The molecule has 0 amide bonds. The quantitative estimate of drug-likeness (QED) is 0.878. The molecule has 0 aliphatic heterocycles. The van der Waals surface area contributed by atoms with Crippen molar-refractivity contribution in [1.82, 2.24) is 10.1 Å². The van der Waals surface area contributed by atoms with Gasteiger partial charge in [0.2, 0.25) is 5.89 Å². The van der Waals surface area contributed by atoms with Crippen molar-refractivity contribution in [1.29, 1.82) is 0 Å². The van der Waals surface area contributed by atoms with Gasteiger partial charge in [-0.25, -0.2) is 4.39 Å². The maximum atomic E-state index is 13.6. The summed E-state index contributed by atoms with van der Waals surface area (Å²) in [5.41, 5.74) is 5.93. The van der Waals surface area contributed by atoms with Crippen molar-refractivity contribution < 1.29 is 8.91 Å². The Morgan fingerprint density at radius 3 is 3.00 bits per heavy atom. The summed E-state index contributed by atoms with van der Waals surface area (Å²) in [4.78, 5) is 5.05. The van der Waals surface area contributed by atoms with E-state index in [0.29, 0.717) is 22.4 Å². The van der Waals surface area contributed by atoms with Gasteiger partial charge < -0.3 is 10.3 Å². The van der Waals surface area contributed by atoms with Crippen molar-refractivity contribution in [3.05, 3.63) is 41.8 Å². The second-order valence-electron chi connectivity index (χ2n) is 5.65. The highest BCUT2D eigenvalue weighted by atomic mass is 32.2.